The first-order valence-corrected chi connectivity index (χ1v) is 4.20. The summed E-state index contributed by atoms with van der Waals surface area (Å²) in [5, 5.41) is 11.9. The van der Waals surface area contributed by atoms with Crippen LogP contribution in [0.15, 0.2) is 16.7 Å². The standard InChI is InChI=1S/C9H5F3N2O2/c10-5-2-1-4(7(11)8(5)12)9-13-6(3-15)14-16-9/h1-2,15H,3H2. The zero-order chi connectivity index (χ0) is 11.7. The summed E-state index contributed by atoms with van der Waals surface area (Å²) in [4.78, 5) is 3.57. The molecule has 16 heavy (non-hydrogen) atoms. The molecule has 0 saturated heterocycles. The van der Waals surface area contributed by atoms with Gasteiger partial charge in [0.15, 0.2) is 23.3 Å². The summed E-state index contributed by atoms with van der Waals surface area (Å²) >= 11 is 0. The summed E-state index contributed by atoms with van der Waals surface area (Å²) in [7, 11) is 0. The predicted octanol–water partition coefficient (Wildman–Crippen LogP) is 1.65. The zero-order valence-electron chi connectivity index (χ0n) is 7.75. The molecule has 0 spiro atoms. The Hall–Kier alpha value is -1.89. The van der Waals surface area contributed by atoms with Crippen LogP contribution >= 0.6 is 0 Å². The van der Waals surface area contributed by atoms with Gasteiger partial charge in [-0.2, -0.15) is 4.98 Å². The minimum absolute atomic E-state index is 0.0702. The SMILES string of the molecule is OCc1noc(-c2ccc(F)c(F)c2F)n1. The molecule has 0 amide bonds. The number of aromatic nitrogens is 2. The highest BCUT2D eigenvalue weighted by Crippen LogP contribution is 2.24. The Morgan fingerprint density at radius 3 is 2.56 bits per heavy atom. The smallest absolute Gasteiger partial charge is 0.261 e. The fraction of sp³-hybridized carbons (Fsp3) is 0.111. The number of hydrogen-bond acceptors (Lipinski definition) is 4. The van der Waals surface area contributed by atoms with Crippen LogP contribution in [-0.4, -0.2) is 15.2 Å². The van der Waals surface area contributed by atoms with E-state index in [0.717, 1.165) is 12.1 Å². The second-order valence-corrected chi connectivity index (χ2v) is 2.90. The Bertz CT molecular complexity index is 527. The Labute approximate surface area is 87.3 Å². The Balaban J connectivity index is 2.52. The van der Waals surface area contributed by atoms with Gasteiger partial charge in [-0.05, 0) is 12.1 Å². The predicted molar refractivity (Wildman–Crippen MR) is 45.5 cm³/mol. The second kappa shape index (κ2) is 3.93. The van der Waals surface area contributed by atoms with Crippen LogP contribution in [0.5, 0.6) is 0 Å². The molecule has 7 heteroatoms. The van der Waals surface area contributed by atoms with Crippen LogP contribution in [0.2, 0.25) is 0 Å². The van der Waals surface area contributed by atoms with Gasteiger partial charge in [0.25, 0.3) is 5.89 Å². The zero-order valence-corrected chi connectivity index (χ0v) is 7.75. The van der Waals surface area contributed by atoms with Crippen LogP contribution in [0.25, 0.3) is 11.5 Å². The topological polar surface area (TPSA) is 59.2 Å². The van der Waals surface area contributed by atoms with Crippen LogP contribution in [0, 0.1) is 17.5 Å². The van der Waals surface area contributed by atoms with Gasteiger partial charge in [-0.1, -0.05) is 5.16 Å². The molecule has 0 aliphatic heterocycles. The van der Waals surface area contributed by atoms with Crippen molar-refractivity contribution in [2.75, 3.05) is 0 Å². The molecular weight excluding hydrogens is 225 g/mol. The van der Waals surface area contributed by atoms with Crippen LogP contribution in [0.3, 0.4) is 0 Å². The van der Waals surface area contributed by atoms with Gasteiger partial charge < -0.3 is 9.63 Å². The van der Waals surface area contributed by atoms with Gasteiger partial charge in [-0.25, -0.2) is 13.2 Å². The van der Waals surface area contributed by atoms with Crippen molar-refractivity contribution >= 4 is 0 Å². The maximum Gasteiger partial charge on any atom is 0.261 e. The minimum atomic E-state index is -1.61. The van der Waals surface area contributed by atoms with E-state index in [9.17, 15) is 13.2 Å². The summed E-state index contributed by atoms with van der Waals surface area (Å²) in [6.45, 7) is -0.491. The molecule has 4 nitrogen and oxygen atoms in total. The molecule has 0 unspecified atom stereocenters. The second-order valence-electron chi connectivity index (χ2n) is 2.90. The fourth-order valence-corrected chi connectivity index (χ4v) is 1.12. The summed E-state index contributed by atoms with van der Waals surface area (Å²) in [6, 6.07) is 1.72. The first kappa shape index (κ1) is 10.6. The van der Waals surface area contributed by atoms with E-state index in [1.807, 2.05) is 0 Å². The number of nitrogens with zero attached hydrogens (tertiary/aromatic N) is 2. The minimum Gasteiger partial charge on any atom is -0.388 e. The third-order valence-corrected chi connectivity index (χ3v) is 1.88. The molecule has 1 aromatic heterocycles. The lowest BCUT2D eigenvalue weighted by molar-refractivity contribution is 0.264. The maximum absolute atomic E-state index is 13.3. The van der Waals surface area contributed by atoms with Crippen molar-refractivity contribution in [2.24, 2.45) is 0 Å². The van der Waals surface area contributed by atoms with Gasteiger partial charge in [0, 0.05) is 0 Å². The molecule has 84 valence electrons. The first-order valence-electron chi connectivity index (χ1n) is 4.20. The van der Waals surface area contributed by atoms with Crippen molar-refractivity contribution in [3.63, 3.8) is 0 Å². The normalized spacial score (nSPS) is 10.8. The number of aliphatic hydroxyl groups excluding tert-OH is 1. The number of aliphatic hydroxyl groups is 1. The van der Waals surface area contributed by atoms with Gasteiger partial charge in [0.05, 0.1) is 5.56 Å². The number of rotatable bonds is 2. The van der Waals surface area contributed by atoms with Crippen LogP contribution in [0.4, 0.5) is 13.2 Å². The van der Waals surface area contributed by atoms with E-state index in [1.165, 1.54) is 0 Å². The highest BCUT2D eigenvalue weighted by Gasteiger charge is 2.18. The van der Waals surface area contributed by atoms with Gasteiger partial charge >= 0.3 is 0 Å². The molecule has 0 fully saturated rings. The summed E-state index contributed by atoms with van der Waals surface area (Å²) < 4.78 is 43.3. The maximum atomic E-state index is 13.3. The molecule has 0 radical (unpaired) electrons. The lowest BCUT2D eigenvalue weighted by Crippen LogP contribution is -1.94. The van der Waals surface area contributed by atoms with Crippen molar-refractivity contribution in [1.29, 1.82) is 0 Å². The van der Waals surface area contributed by atoms with E-state index < -0.39 is 24.1 Å². The molecule has 1 heterocycles. The average molecular weight is 230 g/mol. The van der Waals surface area contributed by atoms with E-state index in [0.29, 0.717) is 0 Å². The molecule has 2 rings (SSSR count). The quantitative estimate of drug-likeness (QED) is 0.797. The molecule has 0 bridgehead atoms. The van der Waals surface area contributed by atoms with Crippen molar-refractivity contribution in [2.45, 2.75) is 6.61 Å². The summed E-state index contributed by atoms with van der Waals surface area (Å²) in [5.41, 5.74) is -0.355. The number of hydrogen-bond donors (Lipinski definition) is 1. The number of halogens is 3. The molecule has 0 aliphatic rings. The molecule has 0 atom stereocenters. The van der Waals surface area contributed by atoms with E-state index in [4.69, 9.17) is 5.11 Å². The van der Waals surface area contributed by atoms with Crippen molar-refractivity contribution in [1.82, 2.24) is 10.1 Å². The lowest BCUT2D eigenvalue weighted by Gasteiger charge is -1.98. The van der Waals surface area contributed by atoms with Crippen LogP contribution < -0.4 is 0 Å². The molecule has 2 aromatic rings. The van der Waals surface area contributed by atoms with Gasteiger partial charge in [-0.3, -0.25) is 0 Å². The van der Waals surface area contributed by atoms with E-state index in [1.54, 1.807) is 0 Å². The fourth-order valence-electron chi connectivity index (χ4n) is 1.12. The molecular formula is C9H5F3N2O2. The van der Waals surface area contributed by atoms with Crippen LogP contribution in [-0.2, 0) is 6.61 Å². The first-order chi connectivity index (χ1) is 7.63. The van der Waals surface area contributed by atoms with Crippen molar-refractivity contribution < 1.29 is 22.8 Å². The molecule has 1 N–H and O–H groups in total. The summed E-state index contributed by atoms with van der Waals surface area (Å²) in [5.74, 6) is -4.71. The van der Waals surface area contributed by atoms with Crippen molar-refractivity contribution in [3.05, 3.63) is 35.4 Å². The van der Waals surface area contributed by atoms with Crippen molar-refractivity contribution in [3.8, 4) is 11.5 Å². The highest BCUT2D eigenvalue weighted by atomic mass is 19.2. The van der Waals surface area contributed by atoms with E-state index >= 15 is 0 Å². The summed E-state index contributed by atoms with van der Waals surface area (Å²) in [6.07, 6.45) is 0. The largest absolute Gasteiger partial charge is 0.388 e. The average Bonchev–Trinajstić information content (AvgIpc) is 2.74. The molecule has 0 saturated carbocycles. The van der Waals surface area contributed by atoms with E-state index in [-0.39, 0.29) is 17.3 Å². The monoisotopic (exact) mass is 230 g/mol. The van der Waals surface area contributed by atoms with Gasteiger partial charge in [0.1, 0.15) is 6.61 Å². The van der Waals surface area contributed by atoms with Gasteiger partial charge in [-0.15, -0.1) is 0 Å². The third-order valence-electron chi connectivity index (χ3n) is 1.88. The van der Waals surface area contributed by atoms with Gasteiger partial charge in [0.2, 0.25) is 0 Å². The van der Waals surface area contributed by atoms with Crippen LogP contribution in [0.1, 0.15) is 5.82 Å². The molecule has 0 aliphatic carbocycles. The molecule has 1 aromatic carbocycles. The number of benzene rings is 1. The lowest BCUT2D eigenvalue weighted by atomic mass is 10.2. The Morgan fingerprint density at radius 2 is 1.94 bits per heavy atom. The highest BCUT2D eigenvalue weighted by molar-refractivity contribution is 5.53. The third kappa shape index (κ3) is 1.65. The Kier molecular flexibility index (Phi) is 2.61. The Morgan fingerprint density at radius 1 is 1.19 bits per heavy atom. The van der Waals surface area contributed by atoms with E-state index in [2.05, 4.69) is 14.7 Å².